The Labute approximate surface area is 166 Å². The van der Waals surface area contributed by atoms with Gasteiger partial charge in [0, 0.05) is 17.3 Å². The lowest BCUT2D eigenvalue weighted by molar-refractivity contribution is -0.116. The van der Waals surface area contributed by atoms with E-state index in [4.69, 9.17) is 11.6 Å². The number of nitrogens with one attached hydrogen (secondary N) is 1. The predicted octanol–water partition coefficient (Wildman–Crippen LogP) is 3.87. The zero-order valence-electron chi connectivity index (χ0n) is 15.8. The Morgan fingerprint density at radius 3 is 2.07 bits per heavy atom. The molecule has 0 atom stereocenters. The number of para-hydroxylation sites is 1. The zero-order valence-corrected chi connectivity index (χ0v) is 17.4. The maximum atomic E-state index is 12.6. The molecule has 0 unspecified atom stereocenters. The summed E-state index contributed by atoms with van der Waals surface area (Å²) in [7, 11) is -3.55. The maximum absolute atomic E-state index is 12.6. The van der Waals surface area contributed by atoms with E-state index in [1.54, 1.807) is 24.3 Å². The Morgan fingerprint density at radius 1 is 1.04 bits per heavy atom. The second kappa shape index (κ2) is 9.35. The van der Waals surface area contributed by atoms with Crippen LogP contribution in [0.4, 0.5) is 5.69 Å². The SMILES string of the molecule is CCc1cccc(CC)c1NC(=O)CN(Cc1ccc(Cl)cc1)S(C)(=O)=O. The number of anilines is 1. The molecule has 0 fully saturated rings. The molecule has 1 N–H and O–H groups in total. The third-order valence-corrected chi connectivity index (χ3v) is 5.77. The van der Waals surface area contributed by atoms with E-state index in [1.165, 1.54) is 0 Å². The Hall–Kier alpha value is -1.89. The number of sulfonamides is 1. The van der Waals surface area contributed by atoms with Crippen LogP contribution < -0.4 is 5.32 Å². The molecule has 27 heavy (non-hydrogen) atoms. The van der Waals surface area contributed by atoms with Crippen LogP contribution in [0.5, 0.6) is 0 Å². The molecule has 0 aliphatic rings. The van der Waals surface area contributed by atoms with Crippen molar-refractivity contribution in [3.05, 3.63) is 64.2 Å². The minimum atomic E-state index is -3.55. The van der Waals surface area contributed by atoms with Gasteiger partial charge < -0.3 is 5.32 Å². The van der Waals surface area contributed by atoms with Crippen LogP contribution in [0.25, 0.3) is 0 Å². The van der Waals surface area contributed by atoms with Crippen LogP contribution in [0.2, 0.25) is 5.02 Å². The highest BCUT2D eigenvalue weighted by Crippen LogP contribution is 2.23. The van der Waals surface area contributed by atoms with E-state index >= 15 is 0 Å². The number of aryl methyl sites for hydroxylation is 2. The fraction of sp³-hybridized carbons (Fsp3) is 0.350. The van der Waals surface area contributed by atoms with Gasteiger partial charge in [-0.25, -0.2) is 8.42 Å². The molecular weight excluding hydrogens is 384 g/mol. The van der Waals surface area contributed by atoms with E-state index in [0.717, 1.165) is 45.8 Å². The van der Waals surface area contributed by atoms with Gasteiger partial charge in [-0.15, -0.1) is 0 Å². The van der Waals surface area contributed by atoms with E-state index in [1.807, 2.05) is 32.0 Å². The second-order valence-corrected chi connectivity index (χ2v) is 8.78. The van der Waals surface area contributed by atoms with Crippen LogP contribution in [-0.4, -0.2) is 31.4 Å². The van der Waals surface area contributed by atoms with E-state index in [-0.39, 0.29) is 19.0 Å². The highest BCUT2D eigenvalue weighted by atomic mass is 35.5. The summed E-state index contributed by atoms with van der Waals surface area (Å²) in [5.74, 6) is -0.356. The lowest BCUT2D eigenvalue weighted by Gasteiger charge is -2.21. The van der Waals surface area contributed by atoms with Crippen molar-refractivity contribution < 1.29 is 13.2 Å². The number of hydrogen-bond acceptors (Lipinski definition) is 3. The summed E-state index contributed by atoms with van der Waals surface area (Å²) in [5.41, 5.74) is 3.62. The maximum Gasteiger partial charge on any atom is 0.239 e. The average Bonchev–Trinajstić information content (AvgIpc) is 2.62. The van der Waals surface area contributed by atoms with Crippen molar-refractivity contribution in [2.75, 3.05) is 18.1 Å². The van der Waals surface area contributed by atoms with Crippen LogP contribution in [0.3, 0.4) is 0 Å². The van der Waals surface area contributed by atoms with Crippen molar-refractivity contribution in [1.82, 2.24) is 4.31 Å². The Bertz CT molecular complexity index is 874. The lowest BCUT2D eigenvalue weighted by atomic mass is 10.0. The first-order valence-corrected chi connectivity index (χ1v) is 11.1. The summed E-state index contributed by atoms with van der Waals surface area (Å²) in [6.45, 7) is 3.91. The van der Waals surface area contributed by atoms with Gasteiger partial charge in [0.15, 0.2) is 0 Å². The van der Waals surface area contributed by atoms with Crippen molar-refractivity contribution in [3.63, 3.8) is 0 Å². The molecule has 0 saturated carbocycles. The largest absolute Gasteiger partial charge is 0.324 e. The van der Waals surface area contributed by atoms with Crippen molar-refractivity contribution >= 4 is 33.2 Å². The molecule has 2 aromatic rings. The van der Waals surface area contributed by atoms with E-state index in [2.05, 4.69) is 5.32 Å². The second-order valence-electron chi connectivity index (χ2n) is 6.36. The monoisotopic (exact) mass is 408 g/mol. The normalized spacial score (nSPS) is 11.6. The van der Waals surface area contributed by atoms with E-state index < -0.39 is 10.0 Å². The van der Waals surface area contributed by atoms with Crippen LogP contribution in [-0.2, 0) is 34.2 Å². The topological polar surface area (TPSA) is 66.5 Å². The van der Waals surface area contributed by atoms with Crippen LogP contribution in [0.1, 0.15) is 30.5 Å². The molecule has 0 aliphatic carbocycles. The summed E-state index contributed by atoms with van der Waals surface area (Å²) in [5, 5.41) is 3.49. The molecule has 0 bridgehead atoms. The Morgan fingerprint density at radius 2 is 1.59 bits per heavy atom. The lowest BCUT2D eigenvalue weighted by Crippen LogP contribution is -2.37. The van der Waals surface area contributed by atoms with Crippen LogP contribution >= 0.6 is 11.6 Å². The molecule has 146 valence electrons. The number of nitrogens with zero attached hydrogens (tertiary/aromatic N) is 1. The first-order valence-electron chi connectivity index (χ1n) is 8.84. The van der Waals surface area contributed by atoms with Gasteiger partial charge in [-0.1, -0.05) is 55.8 Å². The molecule has 0 spiro atoms. The van der Waals surface area contributed by atoms with Gasteiger partial charge in [-0.3, -0.25) is 4.79 Å². The minimum absolute atomic E-state index is 0.111. The molecular formula is C20H25ClN2O3S. The Balaban J connectivity index is 2.19. The number of hydrogen-bond donors (Lipinski definition) is 1. The van der Waals surface area contributed by atoms with Crippen molar-refractivity contribution in [2.24, 2.45) is 0 Å². The van der Waals surface area contributed by atoms with E-state index in [9.17, 15) is 13.2 Å². The molecule has 0 aromatic heterocycles. The number of carbonyl (C=O) groups excluding carboxylic acids is 1. The predicted molar refractivity (Wildman–Crippen MR) is 111 cm³/mol. The quantitative estimate of drug-likeness (QED) is 0.721. The van der Waals surface area contributed by atoms with Gasteiger partial charge in [0.25, 0.3) is 0 Å². The van der Waals surface area contributed by atoms with Gasteiger partial charge in [-0.05, 0) is 41.7 Å². The molecule has 0 heterocycles. The van der Waals surface area contributed by atoms with Crippen molar-refractivity contribution in [3.8, 4) is 0 Å². The highest BCUT2D eigenvalue weighted by Gasteiger charge is 2.21. The highest BCUT2D eigenvalue weighted by molar-refractivity contribution is 7.88. The number of carbonyl (C=O) groups is 1. The van der Waals surface area contributed by atoms with Gasteiger partial charge in [-0.2, -0.15) is 4.31 Å². The molecule has 7 heteroatoms. The molecule has 5 nitrogen and oxygen atoms in total. The molecule has 1 amide bonds. The van der Waals surface area contributed by atoms with Gasteiger partial charge in [0.2, 0.25) is 15.9 Å². The molecule has 2 rings (SSSR count). The van der Waals surface area contributed by atoms with Gasteiger partial charge >= 0.3 is 0 Å². The van der Waals surface area contributed by atoms with Crippen LogP contribution in [0, 0.1) is 0 Å². The molecule has 0 saturated heterocycles. The van der Waals surface area contributed by atoms with Crippen molar-refractivity contribution in [2.45, 2.75) is 33.2 Å². The number of amides is 1. The molecule has 2 aromatic carbocycles. The van der Waals surface area contributed by atoms with Crippen molar-refractivity contribution in [1.29, 1.82) is 0 Å². The summed E-state index contributed by atoms with van der Waals surface area (Å²) < 4.78 is 25.5. The van der Waals surface area contributed by atoms with E-state index in [0.29, 0.717) is 5.02 Å². The average molecular weight is 409 g/mol. The summed E-state index contributed by atoms with van der Waals surface area (Å²) >= 11 is 5.87. The third-order valence-electron chi connectivity index (χ3n) is 4.32. The Kier molecular flexibility index (Phi) is 7.41. The van der Waals surface area contributed by atoms with Gasteiger partial charge in [0.1, 0.15) is 0 Å². The standard InChI is InChI=1S/C20H25ClN2O3S/c1-4-16-7-6-8-17(5-2)20(16)22-19(24)14-23(27(3,25)26)13-15-9-11-18(21)12-10-15/h6-12H,4-5,13-14H2,1-3H3,(H,22,24). The first-order chi connectivity index (χ1) is 12.7. The van der Waals surface area contributed by atoms with Crippen LogP contribution in [0.15, 0.2) is 42.5 Å². The summed E-state index contributed by atoms with van der Waals surface area (Å²) in [4.78, 5) is 12.6. The summed E-state index contributed by atoms with van der Waals surface area (Å²) in [6.07, 6.45) is 2.67. The third kappa shape index (κ3) is 6.06. The first kappa shape index (κ1) is 21.4. The number of halogens is 1. The molecule has 0 aliphatic heterocycles. The fourth-order valence-corrected chi connectivity index (χ4v) is 3.69. The smallest absolute Gasteiger partial charge is 0.239 e. The fourth-order valence-electron chi connectivity index (χ4n) is 2.83. The zero-order chi connectivity index (χ0) is 20.0. The molecule has 0 radical (unpaired) electrons. The van der Waals surface area contributed by atoms with Gasteiger partial charge in [0.05, 0.1) is 12.8 Å². The minimum Gasteiger partial charge on any atom is -0.324 e. The number of rotatable bonds is 8. The number of benzene rings is 2. The summed E-state index contributed by atoms with van der Waals surface area (Å²) in [6, 6.07) is 12.8.